The number of pyridine rings is 1. The van der Waals surface area contributed by atoms with Gasteiger partial charge in [0.25, 0.3) is 11.2 Å². The van der Waals surface area contributed by atoms with Gasteiger partial charge in [0.2, 0.25) is 0 Å². The van der Waals surface area contributed by atoms with Crippen LogP contribution in [0.15, 0.2) is 76.1 Å². The van der Waals surface area contributed by atoms with E-state index in [4.69, 9.17) is 4.42 Å². The van der Waals surface area contributed by atoms with Crippen molar-refractivity contribution in [2.24, 2.45) is 0 Å². The topological polar surface area (TPSA) is 107 Å². The molecule has 3 aromatic heterocycles. The Morgan fingerprint density at radius 2 is 1.79 bits per heavy atom. The third kappa shape index (κ3) is 2.39. The lowest BCUT2D eigenvalue weighted by atomic mass is 10.1. The zero-order valence-electron chi connectivity index (χ0n) is 14.3. The third-order valence-corrected chi connectivity index (χ3v) is 4.64. The molecule has 5 aromatic rings. The van der Waals surface area contributed by atoms with Crippen molar-refractivity contribution in [3.05, 3.63) is 87.3 Å². The van der Waals surface area contributed by atoms with Crippen molar-refractivity contribution < 1.29 is 9.34 Å². The highest BCUT2D eigenvalue weighted by Gasteiger charge is 2.16. The smallest absolute Gasteiger partial charge is 0.269 e. The Balaban J connectivity index is 1.81. The first-order valence-electron chi connectivity index (χ1n) is 8.45. The Hall–Kier alpha value is -4.20. The van der Waals surface area contributed by atoms with Gasteiger partial charge in [-0.25, -0.2) is 0 Å². The average Bonchev–Trinajstić information content (AvgIpc) is 3.35. The number of furan rings is 1. The zero-order chi connectivity index (χ0) is 19.3. The number of nitro benzene ring substituents is 1. The SMILES string of the molecule is O=c1ccc2oc3ccc(-c4ccn[nH]4)cc3c2n1-c1ccc([N+](=O)[O-])cc1. The van der Waals surface area contributed by atoms with Gasteiger partial charge in [0.15, 0.2) is 5.58 Å². The van der Waals surface area contributed by atoms with E-state index in [-0.39, 0.29) is 11.2 Å². The lowest BCUT2D eigenvalue weighted by Gasteiger charge is -2.07. The molecule has 1 N–H and O–H groups in total. The van der Waals surface area contributed by atoms with Gasteiger partial charge >= 0.3 is 0 Å². The van der Waals surface area contributed by atoms with Crippen LogP contribution >= 0.6 is 0 Å². The van der Waals surface area contributed by atoms with Crippen LogP contribution in [0.4, 0.5) is 5.69 Å². The molecule has 8 nitrogen and oxygen atoms in total. The summed E-state index contributed by atoms with van der Waals surface area (Å²) in [7, 11) is 0. The van der Waals surface area contributed by atoms with E-state index < -0.39 is 4.92 Å². The van der Waals surface area contributed by atoms with Gasteiger partial charge in [-0.05, 0) is 42.5 Å². The molecule has 0 aliphatic heterocycles. The highest BCUT2D eigenvalue weighted by molar-refractivity contribution is 6.04. The van der Waals surface area contributed by atoms with Crippen LogP contribution in [0.25, 0.3) is 39.0 Å². The summed E-state index contributed by atoms with van der Waals surface area (Å²) in [6.45, 7) is 0. The van der Waals surface area contributed by atoms with Crippen molar-refractivity contribution >= 4 is 27.8 Å². The first-order valence-corrected chi connectivity index (χ1v) is 8.45. The van der Waals surface area contributed by atoms with E-state index in [1.54, 1.807) is 24.4 Å². The summed E-state index contributed by atoms with van der Waals surface area (Å²) in [5.41, 5.74) is 3.78. The first kappa shape index (κ1) is 16.0. The lowest BCUT2D eigenvalue weighted by molar-refractivity contribution is -0.384. The van der Waals surface area contributed by atoms with Gasteiger partial charge in [0.05, 0.1) is 10.6 Å². The quantitative estimate of drug-likeness (QED) is 0.380. The molecule has 2 aromatic carbocycles. The van der Waals surface area contributed by atoms with E-state index in [0.29, 0.717) is 22.4 Å². The number of H-pyrrole nitrogens is 1. The Kier molecular flexibility index (Phi) is 3.38. The molecule has 28 heavy (non-hydrogen) atoms. The molecular formula is C20H12N4O4. The van der Waals surface area contributed by atoms with Gasteiger partial charge in [-0.2, -0.15) is 5.10 Å². The Morgan fingerprint density at radius 3 is 2.50 bits per heavy atom. The van der Waals surface area contributed by atoms with Crippen LogP contribution in [0.5, 0.6) is 0 Å². The highest BCUT2D eigenvalue weighted by atomic mass is 16.6. The van der Waals surface area contributed by atoms with E-state index >= 15 is 0 Å². The number of hydrogen-bond acceptors (Lipinski definition) is 5. The van der Waals surface area contributed by atoms with Gasteiger partial charge < -0.3 is 4.42 Å². The van der Waals surface area contributed by atoms with Crippen molar-refractivity contribution in [1.82, 2.24) is 14.8 Å². The van der Waals surface area contributed by atoms with E-state index in [1.807, 2.05) is 24.3 Å². The maximum atomic E-state index is 12.7. The molecular weight excluding hydrogens is 360 g/mol. The number of rotatable bonds is 3. The van der Waals surface area contributed by atoms with Crippen molar-refractivity contribution in [1.29, 1.82) is 0 Å². The number of hydrogen-bond donors (Lipinski definition) is 1. The number of non-ortho nitro benzene ring substituents is 1. The Bertz CT molecular complexity index is 1400. The molecule has 0 unspecified atom stereocenters. The van der Waals surface area contributed by atoms with Crippen LogP contribution in [0.1, 0.15) is 0 Å². The summed E-state index contributed by atoms with van der Waals surface area (Å²) in [5.74, 6) is 0. The molecule has 0 spiro atoms. The summed E-state index contributed by atoms with van der Waals surface area (Å²) < 4.78 is 7.41. The Labute approximate surface area is 156 Å². The maximum absolute atomic E-state index is 12.7. The molecule has 0 atom stereocenters. The second kappa shape index (κ2) is 5.92. The van der Waals surface area contributed by atoms with Crippen LogP contribution in [0.3, 0.4) is 0 Å². The van der Waals surface area contributed by atoms with Crippen molar-refractivity contribution in [3.63, 3.8) is 0 Å². The van der Waals surface area contributed by atoms with E-state index in [2.05, 4.69) is 10.2 Å². The minimum atomic E-state index is -0.475. The summed E-state index contributed by atoms with van der Waals surface area (Å²) in [6.07, 6.45) is 1.67. The van der Waals surface area contributed by atoms with Gasteiger partial charge in [-0.3, -0.25) is 24.6 Å². The molecule has 0 aliphatic carbocycles. The third-order valence-electron chi connectivity index (χ3n) is 4.64. The molecule has 0 aliphatic rings. The molecule has 0 saturated carbocycles. The fourth-order valence-corrected chi connectivity index (χ4v) is 3.34. The lowest BCUT2D eigenvalue weighted by Crippen LogP contribution is -2.16. The minimum absolute atomic E-state index is 0.0393. The van der Waals surface area contributed by atoms with Crippen molar-refractivity contribution in [2.45, 2.75) is 0 Å². The standard InChI is InChI=1S/C20H12N4O4/c25-19-8-7-18-20(23(19)13-2-4-14(5-3-13)24(26)27)15-11-12(1-6-17(15)28-18)16-9-10-21-22-16/h1-11H,(H,21,22). The van der Waals surface area contributed by atoms with Gasteiger partial charge in [-0.1, -0.05) is 0 Å². The molecule has 0 fully saturated rings. The van der Waals surface area contributed by atoms with Gasteiger partial charge in [-0.15, -0.1) is 0 Å². The number of nitro groups is 1. The number of benzene rings is 2. The molecule has 8 heteroatoms. The molecule has 0 amide bonds. The fraction of sp³-hybridized carbons (Fsp3) is 0. The molecule has 0 saturated heterocycles. The van der Waals surface area contributed by atoms with Crippen LogP contribution in [-0.4, -0.2) is 19.7 Å². The van der Waals surface area contributed by atoms with Crippen LogP contribution in [0.2, 0.25) is 0 Å². The molecule has 5 rings (SSSR count). The largest absolute Gasteiger partial charge is 0.454 e. The number of aromatic nitrogens is 3. The number of aromatic amines is 1. The van der Waals surface area contributed by atoms with Crippen LogP contribution in [-0.2, 0) is 0 Å². The number of nitrogens with one attached hydrogen (secondary N) is 1. The van der Waals surface area contributed by atoms with Crippen LogP contribution in [0, 0.1) is 10.1 Å². The summed E-state index contributed by atoms with van der Waals surface area (Å²) in [4.78, 5) is 23.1. The first-order chi connectivity index (χ1) is 13.6. The minimum Gasteiger partial charge on any atom is -0.454 e. The Morgan fingerprint density at radius 1 is 1.00 bits per heavy atom. The molecule has 0 bridgehead atoms. The van der Waals surface area contributed by atoms with E-state index in [9.17, 15) is 14.9 Å². The predicted molar refractivity (Wildman–Crippen MR) is 104 cm³/mol. The van der Waals surface area contributed by atoms with Crippen molar-refractivity contribution in [2.75, 3.05) is 0 Å². The van der Waals surface area contributed by atoms with E-state index in [1.165, 1.54) is 22.8 Å². The second-order valence-corrected chi connectivity index (χ2v) is 6.28. The van der Waals surface area contributed by atoms with Gasteiger partial charge in [0.1, 0.15) is 11.1 Å². The van der Waals surface area contributed by atoms with Crippen LogP contribution < -0.4 is 5.56 Å². The average molecular weight is 372 g/mol. The van der Waals surface area contributed by atoms with Crippen molar-refractivity contribution in [3.8, 4) is 16.9 Å². The zero-order valence-corrected chi connectivity index (χ0v) is 14.3. The summed E-state index contributed by atoms with van der Waals surface area (Å²) in [5, 5.41) is 18.6. The normalized spacial score (nSPS) is 11.3. The predicted octanol–water partition coefficient (Wildman–Crippen LogP) is 4.04. The fourth-order valence-electron chi connectivity index (χ4n) is 3.34. The molecule has 136 valence electrons. The highest BCUT2D eigenvalue weighted by Crippen LogP contribution is 2.32. The maximum Gasteiger partial charge on any atom is 0.269 e. The summed E-state index contributed by atoms with van der Waals surface area (Å²) >= 11 is 0. The summed E-state index contributed by atoms with van der Waals surface area (Å²) in [6, 6.07) is 16.4. The van der Waals surface area contributed by atoms with E-state index in [0.717, 1.165) is 16.6 Å². The molecule has 3 heterocycles. The number of nitrogens with zero attached hydrogens (tertiary/aromatic N) is 3. The monoisotopic (exact) mass is 372 g/mol. The second-order valence-electron chi connectivity index (χ2n) is 6.28. The van der Waals surface area contributed by atoms with Gasteiger partial charge in [0, 0.05) is 41.0 Å². The number of fused-ring (bicyclic) bond motifs is 3. The molecule has 0 radical (unpaired) electrons.